The van der Waals surface area contributed by atoms with Gasteiger partial charge in [0.15, 0.2) is 0 Å². The van der Waals surface area contributed by atoms with Crippen molar-refractivity contribution in [3.8, 4) is 17.0 Å². The molecule has 0 unspecified atom stereocenters. The van der Waals surface area contributed by atoms with E-state index in [1.165, 1.54) is 11.1 Å². The van der Waals surface area contributed by atoms with E-state index < -0.39 is 0 Å². The second kappa shape index (κ2) is 7.13. The van der Waals surface area contributed by atoms with E-state index in [1.807, 2.05) is 30.5 Å². The Morgan fingerprint density at radius 1 is 0.935 bits per heavy atom. The average molecular weight is 406 g/mol. The maximum absolute atomic E-state index is 5.45. The molecule has 6 rings (SSSR count). The van der Waals surface area contributed by atoms with Crippen LogP contribution >= 0.6 is 0 Å². The molecule has 0 aliphatic carbocycles. The van der Waals surface area contributed by atoms with Crippen molar-refractivity contribution in [2.75, 3.05) is 25.1 Å². The third kappa shape index (κ3) is 3.01. The van der Waals surface area contributed by atoms with E-state index in [1.54, 1.807) is 7.11 Å². The highest BCUT2D eigenvalue weighted by atomic mass is 16.5. The number of pyridine rings is 1. The molecule has 0 spiro atoms. The van der Waals surface area contributed by atoms with Gasteiger partial charge in [-0.05, 0) is 42.5 Å². The van der Waals surface area contributed by atoms with Crippen molar-refractivity contribution in [3.63, 3.8) is 0 Å². The first kappa shape index (κ1) is 18.0. The molecule has 1 aliphatic rings. The van der Waals surface area contributed by atoms with Gasteiger partial charge in [-0.15, -0.1) is 0 Å². The van der Waals surface area contributed by atoms with Gasteiger partial charge in [-0.2, -0.15) is 0 Å². The van der Waals surface area contributed by atoms with E-state index in [4.69, 9.17) is 14.7 Å². The van der Waals surface area contributed by atoms with Crippen LogP contribution in [0, 0.1) is 0 Å². The predicted molar refractivity (Wildman–Crippen MR) is 124 cm³/mol. The monoisotopic (exact) mass is 406 g/mol. The lowest BCUT2D eigenvalue weighted by atomic mass is 9.92. The second-order valence-corrected chi connectivity index (χ2v) is 7.99. The van der Waals surface area contributed by atoms with Gasteiger partial charge in [0.05, 0.1) is 35.7 Å². The molecular formula is C26H22N4O. The van der Waals surface area contributed by atoms with Gasteiger partial charge >= 0.3 is 0 Å². The average Bonchev–Trinajstić information content (AvgIpc) is 3.27. The lowest BCUT2D eigenvalue weighted by Gasteiger charge is -2.41. The number of rotatable bonds is 4. The lowest BCUT2D eigenvalue weighted by molar-refractivity contribution is 0.415. The molecule has 5 aromatic rings. The smallest absolute Gasteiger partial charge is 0.129 e. The van der Waals surface area contributed by atoms with Crippen molar-refractivity contribution in [2.24, 2.45) is 0 Å². The van der Waals surface area contributed by atoms with Crippen molar-refractivity contribution in [1.82, 2.24) is 14.4 Å². The number of fused-ring (bicyclic) bond motifs is 2. The van der Waals surface area contributed by atoms with Crippen LogP contribution in [-0.2, 0) is 0 Å². The molecule has 1 fully saturated rings. The van der Waals surface area contributed by atoms with Gasteiger partial charge in [-0.1, -0.05) is 30.3 Å². The molecule has 0 N–H and O–H groups in total. The maximum Gasteiger partial charge on any atom is 0.129 e. The minimum atomic E-state index is 0.373. The Balaban J connectivity index is 1.37. The summed E-state index contributed by atoms with van der Waals surface area (Å²) < 4.78 is 7.72. The van der Waals surface area contributed by atoms with Crippen molar-refractivity contribution in [3.05, 3.63) is 90.9 Å². The van der Waals surface area contributed by atoms with E-state index in [2.05, 4.69) is 64.0 Å². The van der Waals surface area contributed by atoms with Crippen molar-refractivity contribution >= 4 is 22.2 Å². The van der Waals surface area contributed by atoms with Crippen molar-refractivity contribution in [2.45, 2.75) is 5.92 Å². The van der Waals surface area contributed by atoms with Gasteiger partial charge in [-0.3, -0.25) is 4.98 Å². The zero-order valence-corrected chi connectivity index (χ0v) is 17.3. The number of anilines is 1. The topological polar surface area (TPSA) is 42.7 Å². The van der Waals surface area contributed by atoms with Gasteiger partial charge in [-0.25, -0.2) is 4.98 Å². The summed E-state index contributed by atoms with van der Waals surface area (Å²) in [5.74, 6) is 2.25. The van der Waals surface area contributed by atoms with Crippen molar-refractivity contribution in [1.29, 1.82) is 0 Å². The van der Waals surface area contributed by atoms with Crippen LogP contribution in [0.1, 0.15) is 11.6 Å². The molecule has 5 heteroatoms. The summed E-state index contributed by atoms with van der Waals surface area (Å²) in [6.07, 6.45) is 4.08. The Morgan fingerprint density at radius 3 is 2.74 bits per heavy atom. The minimum absolute atomic E-state index is 0.373. The highest BCUT2D eigenvalue weighted by Crippen LogP contribution is 2.37. The first-order chi connectivity index (χ1) is 15.3. The summed E-state index contributed by atoms with van der Waals surface area (Å²) in [5, 5.41) is 1.17. The molecular weight excluding hydrogens is 384 g/mol. The molecule has 0 bridgehead atoms. The minimum Gasteiger partial charge on any atom is -0.497 e. The van der Waals surface area contributed by atoms with Crippen LogP contribution in [-0.4, -0.2) is 34.6 Å². The lowest BCUT2D eigenvalue weighted by Crippen LogP contribution is -2.46. The van der Waals surface area contributed by atoms with Crippen LogP contribution in [0.4, 0.5) is 5.82 Å². The van der Waals surface area contributed by atoms with E-state index in [-0.39, 0.29) is 0 Å². The first-order valence-electron chi connectivity index (χ1n) is 10.5. The number of aromatic nitrogens is 3. The number of para-hydroxylation sites is 1. The van der Waals surface area contributed by atoms with Gasteiger partial charge in [0, 0.05) is 36.2 Å². The Kier molecular flexibility index (Phi) is 4.13. The van der Waals surface area contributed by atoms with Crippen LogP contribution in [0.25, 0.3) is 27.7 Å². The zero-order chi connectivity index (χ0) is 20.8. The number of methoxy groups -OCH3 is 1. The predicted octanol–water partition coefficient (Wildman–Crippen LogP) is 5.16. The van der Waals surface area contributed by atoms with Gasteiger partial charge < -0.3 is 14.0 Å². The van der Waals surface area contributed by atoms with Crippen LogP contribution in [0.15, 0.2) is 85.2 Å². The summed E-state index contributed by atoms with van der Waals surface area (Å²) in [6, 6.07) is 24.9. The third-order valence-corrected chi connectivity index (χ3v) is 6.13. The van der Waals surface area contributed by atoms with Gasteiger partial charge in [0.25, 0.3) is 0 Å². The van der Waals surface area contributed by atoms with Crippen LogP contribution in [0.5, 0.6) is 5.75 Å². The quantitative estimate of drug-likeness (QED) is 0.413. The molecule has 0 radical (unpaired) electrons. The van der Waals surface area contributed by atoms with E-state index in [9.17, 15) is 0 Å². The van der Waals surface area contributed by atoms with Crippen LogP contribution in [0.2, 0.25) is 0 Å². The Morgan fingerprint density at radius 2 is 1.84 bits per heavy atom. The number of hydrogen-bond donors (Lipinski definition) is 0. The Bertz CT molecular complexity index is 1400. The fraction of sp³-hybridized carbons (Fsp3) is 0.154. The molecule has 3 aromatic heterocycles. The highest BCUT2D eigenvalue weighted by molar-refractivity contribution is 5.80. The molecule has 152 valence electrons. The molecule has 4 heterocycles. The molecule has 0 saturated carbocycles. The van der Waals surface area contributed by atoms with Crippen LogP contribution < -0.4 is 9.64 Å². The number of benzene rings is 2. The summed E-state index contributed by atoms with van der Waals surface area (Å²) in [7, 11) is 1.70. The summed E-state index contributed by atoms with van der Waals surface area (Å²) in [5.41, 5.74) is 5.48. The standard InChI is InChI=1S/C26H22N4O/c1-31-22-9-4-7-19(14-22)25-26(30-13-5-8-21(30)15-27-25)20-16-29(17-20)24-12-11-18-6-2-3-10-23(18)28-24/h2-15,20H,16-17H2,1H3. The molecule has 0 atom stereocenters. The molecule has 1 saturated heterocycles. The maximum atomic E-state index is 5.45. The highest BCUT2D eigenvalue weighted by Gasteiger charge is 2.33. The van der Waals surface area contributed by atoms with E-state index >= 15 is 0 Å². The summed E-state index contributed by atoms with van der Waals surface area (Å²) in [6.45, 7) is 1.84. The summed E-state index contributed by atoms with van der Waals surface area (Å²) >= 11 is 0. The third-order valence-electron chi connectivity index (χ3n) is 6.13. The summed E-state index contributed by atoms with van der Waals surface area (Å²) in [4.78, 5) is 12.1. The zero-order valence-electron chi connectivity index (χ0n) is 17.3. The Hall–Kier alpha value is -3.86. The van der Waals surface area contributed by atoms with E-state index in [0.717, 1.165) is 46.9 Å². The second-order valence-electron chi connectivity index (χ2n) is 7.99. The normalized spacial score (nSPS) is 14.2. The number of ether oxygens (including phenoxy) is 1. The number of nitrogens with zero attached hydrogens (tertiary/aromatic N) is 4. The van der Waals surface area contributed by atoms with Crippen LogP contribution in [0.3, 0.4) is 0 Å². The molecule has 5 nitrogen and oxygen atoms in total. The fourth-order valence-corrected chi connectivity index (χ4v) is 4.48. The largest absolute Gasteiger partial charge is 0.497 e. The fourth-order valence-electron chi connectivity index (χ4n) is 4.48. The molecule has 0 amide bonds. The number of hydrogen-bond acceptors (Lipinski definition) is 4. The Labute approximate surface area is 180 Å². The van der Waals surface area contributed by atoms with E-state index in [0.29, 0.717) is 5.92 Å². The van der Waals surface area contributed by atoms with Crippen molar-refractivity contribution < 1.29 is 4.74 Å². The first-order valence-corrected chi connectivity index (χ1v) is 10.5. The molecule has 31 heavy (non-hydrogen) atoms. The molecule has 1 aliphatic heterocycles. The molecule has 2 aromatic carbocycles. The van der Waals surface area contributed by atoms with Gasteiger partial charge in [0.1, 0.15) is 11.6 Å². The SMILES string of the molecule is COc1cccc(-c2ncc3cccn3c2C2CN(c3ccc4ccccc4n3)C2)c1. The van der Waals surface area contributed by atoms with Gasteiger partial charge in [0.2, 0.25) is 0 Å².